The SMILES string of the molecule is CCCCOC(=O)C(Br)C(CC)C(=O)OCCCC. The third-order valence-corrected chi connectivity index (χ3v) is 3.82. The second kappa shape index (κ2) is 11.3. The molecular weight excluding hydrogens is 312 g/mol. The van der Waals surface area contributed by atoms with Crippen LogP contribution in [0.3, 0.4) is 0 Å². The highest BCUT2D eigenvalue weighted by Gasteiger charge is 2.32. The van der Waals surface area contributed by atoms with Crippen molar-refractivity contribution in [2.75, 3.05) is 13.2 Å². The van der Waals surface area contributed by atoms with E-state index in [1.165, 1.54) is 0 Å². The summed E-state index contributed by atoms with van der Waals surface area (Å²) in [7, 11) is 0. The van der Waals surface area contributed by atoms with Crippen LogP contribution in [0.5, 0.6) is 0 Å². The van der Waals surface area contributed by atoms with E-state index in [2.05, 4.69) is 15.9 Å². The highest BCUT2D eigenvalue weighted by atomic mass is 79.9. The fraction of sp³-hybridized carbons (Fsp3) is 0.857. The lowest BCUT2D eigenvalue weighted by Crippen LogP contribution is -2.33. The Hall–Kier alpha value is -0.580. The van der Waals surface area contributed by atoms with Crippen LogP contribution >= 0.6 is 15.9 Å². The van der Waals surface area contributed by atoms with E-state index < -0.39 is 10.7 Å². The zero-order valence-electron chi connectivity index (χ0n) is 12.1. The third kappa shape index (κ3) is 7.55. The number of halogens is 1. The van der Waals surface area contributed by atoms with Gasteiger partial charge in [-0.05, 0) is 19.3 Å². The Balaban J connectivity index is 4.24. The molecule has 0 saturated heterocycles. The fourth-order valence-electron chi connectivity index (χ4n) is 1.48. The van der Waals surface area contributed by atoms with Gasteiger partial charge in [-0.1, -0.05) is 49.5 Å². The molecule has 0 bridgehead atoms. The predicted molar refractivity (Wildman–Crippen MR) is 78.2 cm³/mol. The molecule has 0 aliphatic heterocycles. The van der Waals surface area contributed by atoms with E-state index in [1.54, 1.807) is 0 Å². The average molecular weight is 337 g/mol. The van der Waals surface area contributed by atoms with Crippen LogP contribution < -0.4 is 0 Å². The summed E-state index contributed by atoms with van der Waals surface area (Å²) in [5, 5.41) is 0. The van der Waals surface area contributed by atoms with Crippen molar-refractivity contribution in [3.63, 3.8) is 0 Å². The third-order valence-electron chi connectivity index (χ3n) is 2.81. The molecule has 2 unspecified atom stereocenters. The van der Waals surface area contributed by atoms with Crippen LogP contribution in [0.25, 0.3) is 0 Å². The molecule has 0 saturated carbocycles. The Morgan fingerprint density at radius 3 is 1.84 bits per heavy atom. The van der Waals surface area contributed by atoms with Crippen molar-refractivity contribution in [3.8, 4) is 0 Å². The molecular formula is C14H25BrO4. The van der Waals surface area contributed by atoms with E-state index in [0.717, 1.165) is 25.7 Å². The van der Waals surface area contributed by atoms with Crippen molar-refractivity contribution >= 4 is 27.9 Å². The second-order valence-electron chi connectivity index (χ2n) is 4.46. The Bertz CT molecular complexity index is 268. The first-order valence-corrected chi connectivity index (χ1v) is 7.97. The van der Waals surface area contributed by atoms with Crippen molar-refractivity contribution in [1.82, 2.24) is 0 Å². The molecule has 0 aromatic rings. The van der Waals surface area contributed by atoms with Crippen molar-refractivity contribution in [2.45, 2.75) is 57.7 Å². The van der Waals surface area contributed by atoms with Gasteiger partial charge >= 0.3 is 11.9 Å². The largest absolute Gasteiger partial charge is 0.465 e. The maximum absolute atomic E-state index is 11.9. The Morgan fingerprint density at radius 2 is 1.42 bits per heavy atom. The van der Waals surface area contributed by atoms with Gasteiger partial charge in [0.2, 0.25) is 0 Å². The van der Waals surface area contributed by atoms with Crippen LogP contribution in [0.4, 0.5) is 0 Å². The molecule has 19 heavy (non-hydrogen) atoms. The summed E-state index contributed by atoms with van der Waals surface area (Å²) in [5.74, 6) is -1.19. The van der Waals surface area contributed by atoms with Crippen LogP contribution in [0.15, 0.2) is 0 Å². The Labute approximate surface area is 124 Å². The molecule has 0 N–H and O–H groups in total. The van der Waals surface area contributed by atoms with Crippen molar-refractivity contribution < 1.29 is 19.1 Å². The van der Waals surface area contributed by atoms with Crippen LogP contribution in [0, 0.1) is 5.92 Å². The monoisotopic (exact) mass is 336 g/mol. The maximum Gasteiger partial charge on any atom is 0.320 e. The molecule has 0 aromatic heterocycles. The van der Waals surface area contributed by atoms with Crippen LogP contribution in [0.2, 0.25) is 0 Å². The zero-order valence-corrected chi connectivity index (χ0v) is 13.7. The smallest absolute Gasteiger partial charge is 0.320 e. The van der Waals surface area contributed by atoms with Gasteiger partial charge in [0.25, 0.3) is 0 Å². The van der Waals surface area contributed by atoms with Gasteiger partial charge in [0.15, 0.2) is 0 Å². The van der Waals surface area contributed by atoms with E-state index in [9.17, 15) is 9.59 Å². The van der Waals surface area contributed by atoms with Gasteiger partial charge in [0.1, 0.15) is 4.83 Å². The minimum absolute atomic E-state index is 0.328. The lowest BCUT2D eigenvalue weighted by molar-refractivity contribution is -0.154. The molecule has 2 atom stereocenters. The number of hydrogen-bond donors (Lipinski definition) is 0. The number of unbranched alkanes of at least 4 members (excludes halogenated alkanes) is 2. The summed E-state index contributed by atoms with van der Waals surface area (Å²) >= 11 is 3.26. The Kier molecular flexibility index (Phi) is 10.9. The summed E-state index contributed by atoms with van der Waals surface area (Å²) in [6.45, 7) is 6.73. The lowest BCUT2D eigenvalue weighted by atomic mass is 10.0. The number of esters is 2. The number of carbonyl (C=O) groups excluding carboxylic acids is 2. The first-order chi connectivity index (χ1) is 9.08. The maximum atomic E-state index is 11.9. The zero-order chi connectivity index (χ0) is 14.7. The van der Waals surface area contributed by atoms with E-state index in [1.807, 2.05) is 20.8 Å². The van der Waals surface area contributed by atoms with E-state index in [0.29, 0.717) is 19.6 Å². The van der Waals surface area contributed by atoms with Gasteiger partial charge in [-0.15, -0.1) is 0 Å². The minimum atomic E-state index is -0.622. The standard InChI is InChI=1S/C14H25BrO4/c1-4-7-9-18-13(16)11(6-3)12(15)14(17)19-10-8-5-2/h11-12H,4-10H2,1-3H3. The summed E-state index contributed by atoms with van der Waals surface area (Å²) < 4.78 is 10.3. The van der Waals surface area contributed by atoms with Gasteiger partial charge in [-0.25, -0.2) is 0 Å². The molecule has 0 amide bonds. The van der Waals surface area contributed by atoms with Crippen LogP contribution in [-0.4, -0.2) is 30.0 Å². The van der Waals surface area contributed by atoms with Crippen molar-refractivity contribution in [1.29, 1.82) is 0 Å². The van der Waals surface area contributed by atoms with Gasteiger partial charge < -0.3 is 9.47 Å². The molecule has 0 aromatic carbocycles. The first-order valence-electron chi connectivity index (χ1n) is 7.05. The first kappa shape index (κ1) is 18.4. The molecule has 0 heterocycles. The van der Waals surface area contributed by atoms with E-state index in [-0.39, 0.29) is 11.9 Å². The molecule has 4 nitrogen and oxygen atoms in total. The molecule has 0 fully saturated rings. The molecule has 5 heteroatoms. The van der Waals surface area contributed by atoms with Gasteiger partial charge in [-0.3, -0.25) is 9.59 Å². The molecule has 0 rings (SSSR count). The molecule has 0 radical (unpaired) electrons. The topological polar surface area (TPSA) is 52.6 Å². The molecule has 0 aliphatic carbocycles. The summed E-state index contributed by atoms with van der Waals surface area (Å²) in [6.07, 6.45) is 4.17. The molecule has 0 spiro atoms. The highest BCUT2D eigenvalue weighted by Crippen LogP contribution is 2.20. The van der Waals surface area contributed by atoms with Crippen molar-refractivity contribution in [2.24, 2.45) is 5.92 Å². The lowest BCUT2D eigenvalue weighted by Gasteiger charge is -2.18. The van der Waals surface area contributed by atoms with Gasteiger partial charge in [0.05, 0.1) is 19.1 Å². The summed E-state index contributed by atoms with van der Waals surface area (Å²) in [6, 6.07) is 0. The van der Waals surface area contributed by atoms with E-state index >= 15 is 0 Å². The average Bonchev–Trinajstić information content (AvgIpc) is 2.39. The fourth-order valence-corrected chi connectivity index (χ4v) is 2.20. The second-order valence-corrected chi connectivity index (χ2v) is 5.45. The normalized spacial score (nSPS) is 13.7. The van der Waals surface area contributed by atoms with Crippen LogP contribution in [-0.2, 0) is 19.1 Å². The minimum Gasteiger partial charge on any atom is -0.465 e. The summed E-state index contributed by atoms with van der Waals surface area (Å²) in [5.41, 5.74) is 0. The van der Waals surface area contributed by atoms with Crippen molar-refractivity contribution in [3.05, 3.63) is 0 Å². The van der Waals surface area contributed by atoms with E-state index in [4.69, 9.17) is 9.47 Å². The summed E-state index contributed by atoms with van der Waals surface area (Å²) in [4.78, 5) is 23.0. The number of alkyl halides is 1. The number of rotatable bonds is 10. The van der Waals surface area contributed by atoms with Gasteiger partial charge in [-0.2, -0.15) is 0 Å². The highest BCUT2D eigenvalue weighted by molar-refractivity contribution is 9.10. The predicted octanol–water partition coefficient (Wildman–Crippen LogP) is 3.46. The quantitative estimate of drug-likeness (QED) is 0.348. The number of carbonyl (C=O) groups is 2. The number of ether oxygens (including phenoxy) is 2. The van der Waals surface area contributed by atoms with Crippen LogP contribution in [0.1, 0.15) is 52.9 Å². The molecule has 112 valence electrons. The van der Waals surface area contributed by atoms with Gasteiger partial charge in [0, 0.05) is 0 Å². The molecule has 0 aliphatic rings. The number of hydrogen-bond acceptors (Lipinski definition) is 4. The Morgan fingerprint density at radius 1 is 0.947 bits per heavy atom.